The van der Waals surface area contributed by atoms with Gasteiger partial charge in [-0.2, -0.15) is 11.3 Å². The zero-order valence-corrected chi connectivity index (χ0v) is 16.9. The van der Waals surface area contributed by atoms with Gasteiger partial charge in [0, 0.05) is 24.9 Å². The summed E-state index contributed by atoms with van der Waals surface area (Å²) in [6.07, 6.45) is 1.23. The van der Waals surface area contributed by atoms with Crippen molar-refractivity contribution in [1.29, 1.82) is 0 Å². The van der Waals surface area contributed by atoms with Crippen molar-refractivity contribution in [2.75, 3.05) is 13.1 Å². The Balaban J connectivity index is 1.41. The number of amides is 2. The summed E-state index contributed by atoms with van der Waals surface area (Å²) in [5, 5.41) is 17.3. The van der Waals surface area contributed by atoms with E-state index >= 15 is 0 Å². The number of carbonyl (C=O) groups excluding carboxylic acids is 2. The van der Waals surface area contributed by atoms with E-state index in [1.165, 1.54) is 11.3 Å². The number of likely N-dealkylation sites (tertiary alicyclic amines) is 1. The molecular weight excluding hydrogens is 378 g/mol. The third-order valence-corrected chi connectivity index (χ3v) is 6.55. The first-order valence-corrected chi connectivity index (χ1v) is 10.7. The molecule has 1 saturated carbocycles. The van der Waals surface area contributed by atoms with Crippen LogP contribution in [0.15, 0.2) is 21.2 Å². The van der Waals surface area contributed by atoms with Crippen molar-refractivity contribution in [3.05, 3.63) is 39.7 Å². The van der Waals surface area contributed by atoms with Crippen LogP contribution >= 0.6 is 11.3 Å². The fourth-order valence-corrected chi connectivity index (χ4v) is 5.00. The zero-order valence-electron chi connectivity index (χ0n) is 16.1. The number of hydrogen-bond donors (Lipinski definition) is 2. The normalized spacial score (nSPS) is 26.9. The number of fused-ring (bicyclic) bond motifs is 1. The number of nitrogens with one attached hydrogen (secondary N) is 1. The highest BCUT2D eigenvalue weighted by atomic mass is 32.1. The van der Waals surface area contributed by atoms with Gasteiger partial charge in [0.05, 0.1) is 23.4 Å². The Hall–Kier alpha value is -2.19. The molecule has 2 aromatic rings. The van der Waals surface area contributed by atoms with E-state index in [4.69, 9.17) is 4.42 Å². The Kier molecular flexibility index (Phi) is 5.25. The first-order valence-electron chi connectivity index (χ1n) is 9.73. The molecular formula is C20H25N3O4S. The maximum absolute atomic E-state index is 12.6. The van der Waals surface area contributed by atoms with Gasteiger partial charge in [0.25, 0.3) is 11.8 Å². The van der Waals surface area contributed by atoms with E-state index in [2.05, 4.69) is 10.3 Å². The topological polar surface area (TPSA) is 95.7 Å². The summed E-state index contributed by atoms with van der Waals surface area (Å²) in [5.74, 6) is 1.01. The van der Waals surface area contributed by atoms with Crippen molar-refractivity contribution in [2.24, 2.45) is 11.8 Å². The van der Waals surface area contributed by atoms with Crippen LogP contribution in [0.1, 0.15) is 52.3 Å². The molecule has 2 N–H and O–H groups in total. The van der Waals surface area contributed by atoms with Crippen LogP contribution in [-0.4, -0.2) is 52.0 Å². The first-order chi connectivity index (χ1) is 13.5. The second-order valence-electron chi connectivity index (χ2n) is 7.74. The molecule has 1 saturated heterocycles. The quantitative estimate of drug-likeness (QED) is 0.816. The Morgan fingerprint density at radius 1 is 1.36 bits per heavy atom. The molecule has 4 rings (SSSR count). The third kappa shape index (κ3) is 3.58. The minimum absolute atomic E-state index is 0.0510. The Labute approximate surface area is 167 Å². The molecule has 2 aliphatic rings. The van der Waals surface area contributed by atoms with Gasteiger partial charge in [-0.15, -0.1) is 0 Å². The Morgan fingerprint density at radius 2 is 2.11 bits per heavy atom. The average Bonchev–Trinajstić information content (AvgIpc) is 3.40. The van der Waals surface area contributed by atoms with Crippen LogP contribution in [0.5, 0.6) is 0 Å². The lowest BCUT2D eigenvalue weighted by molar-refractivity contribution is 0.0451. The second kappa shape index (κ2) is 7.67. The number of aromatic nitrogens is 1. The van der Waals surface area contributed by atoms with Crippen molar-refractivity contribution in [3.8, 4) is 0 Å². The lowest BCUT2D eigenvalue weighted by atomic mass is 9.77. The van der Waals surface area contributed by atoms with Crippen LogP contribution < -0.4 is 5.32 Å². The number of thiophene rings is 1. The smallest absolute Gasteiger partial charge is 0.289 e. The standard InChI is InChI=1S/C20H25N3O4S/c1-3-17-21-11(2)18(27-17)19(25)22-15-6-13-8-23(9-14(13)7-16(15)24)20(26)12-4-5-28-10-12/h4-5,10,13-16,24H,3,6-9H2,1-2H3,(H,22,25)/t13-,14+,15-,16-/m0/s1. The van der Waals surface area contributed by atoms with Crippen molar-refractivity contribution in [3.63, 3.8) is 0 Å². The molecule has 0 radical (unpaired) electrons. The number of aryl methyl sites for hydroxylation is 2. The minimum Gasteiger partial charge on any atom is -0.435 e. The molecule has 2 fully saturated rings. The fourth-order valence-electron chi connectivity index (χ4n) is 4.37. The maximum Gasteiger partial charge on any atom is 0.289 e. The van der Waals surface area contributed by atoms with E-state index in [0.717, 1.165) is 5.56 Å². The van der Waals surface area contributed by atoms with E-state index in [0.29, 0.717) is 43.9 Å². The summed E-state index contributed by atoms with van der Waals surface area (Å²) in [4.78, 5) is 31.3. The molecule has 2 aromatic heterocycles. The monoisotopic (exact) mass is 403 g/mol. The summed E-state index contributed by atoms with van der Waals surface area (Å²) in [6, 6.07) is 1.50. The molecule has 7 nitrogen and oxygen atoms in total. The molecule has 3 heterocycles. The van der Waals surface area contributed by atoms with Gasteiger partial charge in [0.1, 0.15) is 0 Å². The maximum atomic E-state index is 12.6. The van der Waals surface area contributed by atoms with E-state index in [1.807, 2.05) is 28.7 Å². The molecule has 28 heavy (non-hydrogen) atoms. The first kappa shape index (κ1) is 19.1. The van der Waals surface area contributed by atoms with Gasteiger partial charge < -0.3 is 19.7 Å². The summed E-state index contributed by atoms with van der Waals surface area (Å²) >= 11 is 1.51. The van der Waals surface area contributed by atoms with Gasteiger partial charge in [-0.3, -0.25) is 9.59 Å². The van der Waals surface area contributed by atoms with Crippen molar-refractivity contribution < 1.29 is 19.1 Å². The molecule has 0 bridgehead atoms. The molecule has 2 amide bonds. The van der Waals surface area contributed by atoms with E-state index in [9.17, 15) is 14.7 Å². The molecule has 150 valence electrons. The average molecular weight is 404 g/mol. The van der Waals surface area contributed by atoms with Gasteiger partial charge in [0.15, 0.2) is 5.89 Å². The van der Waals surface area contributed by atoms with Gasteiger partial charge in [-0.25, -0.2) is 4.98 Å². The third-order valence-electron chi connectivity index (χ3n) is 5.86. The SMILES string of the molecule is CCc1nc(C)c(C(=O)N[C@H]2C[C@H]3CN(C(=O)c4ccsc4)C[C@H]3C[C@@H]2O)o1. The molecule has 4 atom stereocenters. The highest BCUT2D eigenvalue weighted by Gasteiger charge is 2.43. The molecule has 1 aliphatic carbocycles. The summed E-state index contributed by atoms with van der Waals surface area (Å²) in [7, 11) is 0. The van der Waals surface area contributed by atoms with Crippen molar-refractivity contribution in [2.45, 2.75) is 45.3 Å². The zero-order chi connectivity index (χ0) is 19.8. The Morgan fingerprint density at radius 3 is 2.75 bits per heavy atom. The number of oxazole rings is 1. The fraction of sp³-hybridized carbons (Fsp3) is 0.550. The second-order valence-corrected chi connectivity index (χ2v) is 8.52. The summed E-state index contributed by atoms with van der Waals surface area (Å²) in [5.41, 5.74) is 1.28. The van der Waals surface area contributed by atoms with E-state index < -0.39 is 6.10 Å². The summed E-state index contributed by atoms with van der Waals surface area (Å²) in [6.45, 7) is 4.99. The van der Waals surface area contributed by atoms with Crippen LogP contribution in [0.25, 0.3) is 0 Å². The number of hydrogen-bond acceptors (Lipinski definition) is 6. The van der Waals surface area contributed by atoms with E-state index in [1.54, 1.807) is 6.92 Å². The lowest BCUT2D eigenvalue weighted by Crippen LogP contribution is -2.49. The highest BCUT2D eigenvalue weighted by Crippen LogP contribution is 2.37. The van der Waals surface area contributed by atoms with Crippen LogP contribution in [0.2, 0.25) is 0 Å². The number of aliphatic hydroxyl groups is 1. The van der Waals surface area contributed by atoms with Crippen molar-refractivity contribution >= 4 is 23.2 Å². The Bertz CT molecular complexity index is 863. The number of aliphatic hydroxyl groups excluding tert-OH is 1. The number of nitrogens with zero attached hydrogens (tertiary/aromatic N) is 2. The van der Waals surface area contributed by atoms with Crippen LogP contribution in [-0.2, 0) is 6.42 Å². The molecule has 0 unspecified atom stereocenters. The minimum atomic E-state index is -0.629. The van der Waals surface area contributed by atoms with Gasteiger partial charge in [-0.05, 0) is 43.0 Å². The number of carbonyl (C=O) groups is 2. The van der Waals surface area contributed by atoms with Gasteiger partial charge in [0.2, 0.25) is 5.76 Å². The van der Waals surface area contributed by atoms with Crippen LogP contribution in [0, 0.1) is 18.8 Å². The molecule has 0 aromatic carbocycles. The predicted octanol–water partition coefficient (Wildman–Crippen LogP) is 2.25. The number of rotatable bonds is 4. The lowest BCUT2D eigenvalue weighted by Gasteiger charge is -2.35. The predicted molar refractivity (Wildman–Crippen MR) is 104 cm³/mol. The van der Waals surface area contributed by atoms with Gasteiger partial charge in [-0.1, -0.05) is 6.92 Å². The molecule has 1 aliphatic heterocycles. The summed E-state index contributed by atoms with van der Waals surface area (Å²) < 4.78 is 5.52. The van der Waals surface area contributed by atoms with Crippen LogP contribution in [0.3, 0.4) is 0 Å². The van der Waals surface area contributed by atoms with Crippen LogP contribution in [0.4, 0.5) is 0 Å². The van der Waals surface area contributed by atoms with Crippen molar-refractivity contribution in [1.82, 2.24) is 15.2 Å². The van der Waals surface area contributed by atoms with E-state index in [-0.39, 0.29) is 35.5 Å². The molecule has 0 spiro atoms. The molecule has 8 heteroatoms. The largest absolute Gasteiger partial charge is 0.435 e. The van der Waals surface area contributed by atoms with Gasteiger partial charge >= 0.3 is 0 Å². The highest BCUT2D eigenvalue weighted by molar-refractivity contribution is 7.08.